The minimum Gasteiger partial charge on any atom is -1.00 e. The van der Waals surface area contributed by atoms with Crippen LogP contribution in [0.1, 0.15) is 42.0 Å². The van der Waals surface area contributed by atoms with Crippen molar-refractivity contribution in [3.8, 4) is 0 Å². The quantitative estimate of drug-likeness (QED) is 0.682. The van der Waals surface area contributed by atoms with Gasteiger partial charge in [-0.15, -0.1) is 13.2 Å². The van der Waals surface area contributed by atoms with Gasteiger partial charge in [0.15, 0.2) is 9.58 Å². The third-order valence-electron chi connectivity index (χ3n) is 4.02. The lowest BCUT2D eigenvalue weighted by atomic mass is 10.0. The van der Waals surface area contributed by atoms with E-state index in [1.54, 1.807) is 12.1 Å². The standard InChI is InChI=1S/C15H16F3S.BrH/c1-10-5-4-8-13-12(10)9-14(11-6-2-3-7-11)19(13)15(16,17)18;/h4-5,8-9,11H,2-3,6-7H2,1H3;1H/q+1;/p-1. The summed E-state index contributed by atoms with van der Waals surface area (Å²) >= 11 is 0. The molecule has 1 fully saturated rings. The molecule has 0 amide bonds. The molecule has 0 aliphatic heterocycles. The third kappa shape index (κ3) is 2.62. The monoisotopic (exact) mass is 364 g/mol. The minimum atomic E-state index is -4.15. The highest BCUT2D eigenvalue weighted by molar-refractivity contribution is 7.38. The number of aryl methyl sites for hydroxylation is 1. The van der Waals surface area contributed by atoms with Gasteiger partial charge in [-0.3, -0.25) is 0 Å². The second-order valence-electron chi connectivity index (χ2n) is 5.27. The maximum Gasteiger partial charge on any atom is 0.600 e. The first kappa shape index (κ1) is 15.8. The predicted molar refractivity (Wildman–Crippen MR) is 73.7 cm³/mol. The number of benzene rings is 1. The molecule has 1 aliphatic rings. The minimum absolute atomic E-state index is 0. The topological polar surface area (TPSA) is 0 Å². The molecule has 1 aromatic carbocycles. The van der Waals surface area contributed by atoms with Crippen LogP contribution in [-0.4, -0.2) is 0 Å². The summed E-state index contributed by atoms with van der Waals surface area (Å²) in [6.45, 7) is 1.89. The van der Waals surface area contributed by atoms with Gasteiger partial charge in [0.05, 0.1) is 10.5 Å². The van der Waals surface area contributed by atoms with Crippen molar-refractivity contribution in [3.05, 3.63) is 34.7 Å². The number of hydrogen-bond acceptors (Lipinski definition) is 0. The van der Waals surface area contributed by atoms with Gasteiger partial charge in [-0.1, -0.05) is 25.0 Å². The van der Waals surface area contributed by atoms with Crippen molar-refractivity contribution in [3.63, 3.8) is 0 Å². The van der Waals surface area contributed by atoms with Crippen LogP contribution >= 0.6 is 10.5 Å². The van der Waals surface area contributed by atoms with Crippen LogP contribution in [-0.2, 0) is 5.51 Å². The predicted octanol–water partition coefficient (Wildman–Crippen LogP) is 3.04. The smallest absolute Gasteiger partial charge is 0.600 e. The van der Waals surface area contributed by atoms with Crippen LogP contribution < -0.4 is 17.0 Å². The van der Waals surface area contributed by atoms with Crippen molar-refractivity contribution in [1.29, 1.82) is 0 Å². The Balaban J connectivity index is 0.00000147. The van der Waals surface area contributed by atoms with E-state index in [0.29, 0.717) is 9.58 Å². The summed E-state index contributed by atoms with van der Waals surface area (Å²) in [4.78, 5) is 0.634. The van der Waals surface area contributed by atoms with Crippen LogP contribution in [0.5, 0.6) is 0 Å². The summed E-state index contributed by atoms with van der Waals surface area (Å²) in [5.74, 6) is 0.136. The zero-order valence-corrected chi connectivity index (χ0v) is 13.5. The van der Waals surface area contributed by atoms with Crippen molar-refractivity contribution < 1.29 is 30.2 Å². The molecule has 0 nitrogen and oxygen atoms in total. The Morgan fingerprint density at radius 1 is 1.15 bits per heavy atom. The van der Waals surface area contributed by atoms with Crippen LogP contribution in [0.2, 0.25) is 0 Å². The van der Waals surface area contributed by atoms with Gasteiger partial charge in [-0.25, -0.2) is 0 Å². The Bertz CT molecular complexity index is 609. The van der Waals surface area contributed by atoms with Crippen molar-refractivity contribution in [2.45, 2.75) is 44.0 Å². The van der Waals surface area contributed by atoms with Crippen LogP contribution in [0.25, 0.3) is 10.1 Å². The molecule has 0 saturated heterocycles. The Labute approximate surface area is 129 Å². The highest BCUT2D eigenvalue weighted by Crippen LogP contribution is 2.55. The first-order chi connectivity index (χ1) is 8.98. The number of thiophene rings is 1. The molecule has 5 heteroatoms. The van der Waals surface area contributed by atoms with Gasteiger partial charge >= 0.3 is 5.51 Å². The molecule has 0 N–H and O–H groups in total. The summed E-state index contributed by atoms with van der Waals surface area (Å²) in [7, 11) is -1.70. The van der Waals surface area contributed by atoms with Gasteiger partial charge in [-0.2, -0.15) is 0 Å². The Hall–Kier alpha value is -0.550. The van der Waals surface area contributed by atoms with Crippen molar-refractivity contribution in [2.75, 3.05) is 0 Å². The van der Waals surface area contributed by atoms with E-state index in [4.69, 9.17) is 0 Å². The summed E-state index contributed by atoms with van der Waals surface area (Å²) in [6.07, 6.45) is 3.95. The van der Waals surface area contributed by atoms with E-state index >= 15 is 0 Å². The van der Waals surface area contributed by atoms with E-state index in [0.717, 1.165) is 36.6 Å². The van der Waals surface area contributed by atoms with Crippen LogP contribution in [0, 0.1) is 6.92 Å². The van der Waals surface area contributed by atoms with E-state index in [1.165, 1.54) is 0 Å². The fourth-order valence-corrected chi connectivity index (χ4v) is 5.33. The molecule has 1 saturated carbocycles. The Morgan fingerprint density at radius 2 is 1.80 bits per heavy atom. The van der Waals surface area contributed by atoms with Crippen molar-refractivity contribution in [1.82, 2.24) is 0 Å². The summed E-state index contributed by atoms with van der Waals surface area (Å²) in [5, 5.41) is 0.810. The van der Waals surface area contributed by atoms with E-state index in [9.17, 15) is 13.2 Å². The van der Waals surface area contributed by atoms with E-state index in [2.05, 4.69) is 0 Å². The Kier molecular flexibility index (Phi) is 4.50. The molecular weight excluding hydrogens is 349 g/mol. The molecule has 1 aromatic heterocycles. The first-order valence-electron chi connectivity index (χ1n) is 6.61. The van der Waals surface area contributed by atoms with Gasteiger partial charge in [0, 0.05) is 17.4 Å². The number of hydrogen-bond donors (Lipinski definition) is 0. The highest BCUT2D eigenvalue weighted by Gasteiger charge is 2.49. The second-order valence-corrected chi connectivity index (χ2v) is 7.25. The summed E-state index contributed by atoms with van der Waals surface area (Å²) in [6, 6.07) is 7.12. The fraction of sp³-hybridized carbons (Fsp3) is 0.467. The van der Waals surface area contributed by atoms with Crippen molar-refractivity contribution in [2.24, 2.45) is 0 Å². The summed E-state index contributed by atoms with van der Waals surface area (Å²) < 4.78 is 40.8. The van der Waals surface area contributed by atoms with Gasteiger partial charge in [0.1, 0.15) is 0 Å². The summed E-state index contributed by atoms with van der Waals surface area (Å²) in [5.41, 5.74) is -3.19. The second kappa shape index (κ2) is 5.68. The number of alkyl halides is 3. The lowest BCUT2D eigenvalue weighted by Crippen LogP contribution is -3.00. The lowest BCUT2D eigenvalue weighted by Gasteiger charge is -2.05. The maximum atomic E-state index is 13.4. The Morgan fingerprint density at radius 3 is 2.40 bits per heavy atom. The zero-order chi connectivity index (χ0) is 13.6. The fourth-order valence-electron chi connectivity index (χ4n) is 3.10. The molecule has 20 heavy (non-hydrogen) atoms. The third-order valence-corrected chi connectivity index (χ3v) is 6.20. The number of rotatable bonds is 1. The van der Waals surface area contributed by atoms with Gasteiger partial charge in [0.2, 0.25) is 0 Å². The average Bonchev–Trinajstić information content (AvgIpc) is 2.94. The normalized spacial score (nSPS) is 17.5. The van der Waals surface area contributed by atoms with Crippen LogP contribution in [0.3, 0.4) is 0 Å². The molecule has 1 unspecified atom stereocenters. The maximum absolute atomic E-state index is 13.4. The van der Waals surface area contributed by atoms with Crippen molar-refractivity contribution >= 4 is 20.6 Å². The van der Waals surface area contributed by atoms with Crippen LogP contribution in [0.4, 0.5) is 13.2 Å². The molecule has 1 aliphatic carbocycles. The van der Waals surface area contributed by atoms with E-state index in [-0.39, 0.29) is 22.9 Å². The van der Waals surface area contributed by atoms with Gasteiger partial charge in [-0.05, 0) is 31.4 Å². The molecular formula is C15H16BrF3S. The number of halogens is 4. The van der Waals surface area contributed by atoms with Gasteiger partial charge in [0.25, 0.3) is 0 Å². The molecule has 0 spiro atoms. The van der Waals surface area contributed by atoms with Gasteiger partial charge < -0.3 is 17.0 Å². The molecule has 3 rings (SSSR count). The van der Waals surface area contributed by atoms with E-state index in [1.807, 2.05) is 19.1 Å². The first-order valence-corrected chi connectivity index (χ1v) is 7.83. The molecule has 1 heterocycles. The molecule has 1 atom stereocenters. The molecule has 110 valence electrons. The zero-order valence-electron chi connectivity index (χ0n) is 11.1. The van der Waals surface area contributed by atoms with E-state index < -0.39 is 16.0 Å². The molecule has 2 aromatic rings. The highest BCUT2D eigenvalue weighted by atomic mass is 79.9. The largest absolute Gasteiger partial charge is 1.00 e. The number of fused-ring (bicyclic) bond motifs is 1. The SMILES string of the molecule is Cc1cccc2c1cc(C1CCCC1)[s+]2C(F)(F)F.[Br-]. The molecule has 0 bridgehead atoms. The lowest BCUT2D eigenvalue weighted by molar-refractivity contribution is -0.0868. The van der Waals surface area contributed by atoms with Crippen LogP contribution in [0.15, 0.2) is 24.3 Å². The molecule has 0 radical (unpaired) electrons. The average molecular weight is 365 g/mol.